The van der Waals surface area contributed by atoms with Crippen LogP contribution in [0.3, 0.4) is 0 Å². The molecule has 1 rings (SSSR count). The van der Waals surface area contributed by atoms with Crippen LogP contribution in [-0.2, 0) is 0 Å². The molecule has 1 amide bonds. The predicted octanol–water partition coefficient (Wildman–Crippen LogP) is -0.163. The number of carbonyl (C=O) groups is 1. The van der Waals surface area contributed by atoms with Crippen molar-refractivity contribution < 1.29 is 4.79 Å². The van der Waals surface area contributed by atoms with E-state index in [2.05, 4.69) is 20.5 Å². The second-order valence-electron chi connectivity index (χ2n) is 2.40. The Labute approximate surface area is 75.0 Å². The van der Waals surface area contributed by atoms with Gasteiger partial charge in [-0.2, -0.15) is 10.4 Å². The first-order valence-corrected chi connectivity index (χ1v) is 3.83. The van der Waals surface area contributed by atoms with Crippen LogP contribution in [-0.4, -0.2) is 27.1 Å². The van der Waals surface area contributed by atoms with Crippen molar-refractivity contribution in [2.24, 2.45) is 0 Å². The first-order valence-electron chi connectivity index (χ1n) is 3.83. The average Bonchev–Trinajstić information content (AvgIpc) is 2.66. The molecule has 0 aliphatic rings. The van der Waals surface area contributed by atoms with Gasteiger partial charge in [0.1, 0.15) is 12.4 Å². The highest BCUT2D eigenvalue weighted by molar-refractivity contribution is 5.90. The van der Waals surface area contributed by atoms with Crippen LogP contribution in [0.1, 0.15) is 24.0 Å². The van der Waals surface area contributed by atoms with E-state index in [1.807, 2.05) is 13.0 Å². The van der Waals surface area contributed by atoms with E-state index in [9.17, 15) is 4.79 Å². The first-order chi connectivity index (χ1) is 6.27. The van der Waals surface area contributed by atoms with Crippen LogP contribution < -0.4 is 5.32 Å². The third-order valence-electron chi connectivity index (χ3n) is 1.50. The second-order valence-corrected chi connectivity index (χ2v) is 2.40. The van der Waals surface area contributed by atoms with Crippen LogP contribution in [0.4, 0.5) is 0 Å². The minimum absolute atomic E-state index is 0.119. The molecule has 13 heavy (non-hydrogen) atoms. The number of nitrogens with zero attached hydrogens (tertiary/aromatic N) is 3. The van der Waals surface area contributed by atoms with Crippen molar-refractivity contribution in [1.29, 1.82) is 5.26 Å². The maximum atomic E-state index is 11.2. The zero-order valence-corrected chi connectivity index (χ0v) is 7.11. The summed E-state index contributed by atoms with van der Waals surface area (Å²) in [6.45, 7) is 1.81. The summed E-state index contributed by atoms with van der Waals surface area (Å²) >= 11 is 0. The van der Waals surface area contributed by atoms with Gasteiger partial charge in [-0.15, -0.1) is 0 Å². The van der Waals surface area contributed by atoms with Gasteiger partial charge in [-0.25, -0.2) is 4.98 Å². The van der Waals surface area contributed by atoms with E-state index in [0.717, 1.165) is 0 Å². The molecular weight excluding hydrogens is 170 g/mol. The van der Waals surface area contributed by atoms with E-state index in [4.69, 9.17) is 5.26 Å². The highest BCUT2D eigenvalue weighted by atomic mass is 16.2. The minimum atomic E-state index is -0.474. The van der Waals surface area contributed by atoms with Gasteiger partial charge >= 0.3 is 0 Å². The lowest BCUT2D eigenvalue weighted by molar-refractivity contribution is 0.0934. The molecule has 0 bridgehead atoms. The molecule has 1 atom stereocenters. The fraction of sp³-hybridized carbons (Fsp3) is 0.429. The summed E-state index contributed by atoms with van der Waals surface area (Å²) in [5.74, 6) is -0.292. The van der Waals surface area contributed by atoms with E-state index < -0.39 is 11.9 Å². The van der Waals surface area contributed by atoms with Gasteiger partial charge in [0.25, 0.3) is 5.91 Å². The van der Waals surface area contributed by atoms with Gasteiger partial charge in [0.15, 0.2) is 0 Å². The SMILES string of the molecule is CC[C@@H](C#N)NC(=O)c1ncn[nH]1. The van der Waals surface area contributed by atoms with Crippen molar-refractivity contribution in [1.82, 2.24) is 20.5 Å². The molecule has 0 radical (unpaired) electrons. The Kier molecular flexibility index (Phi) is 2.97. The number of carbonyl (C=O) groups excluding carboxylic acids is 1. The van der Waals surface area contributed by atoms with Gasteiger partial charge in [0.05, 0.1) is 6.07 Å². The maximum Gasteiger partial charge on any atom is 0.289 e. The van der Waals surface area contributed by atoms with Crippen LogP contribution >= 0.6 is 0 Å². The van der Waals surface area contributed by atoms with E-state index in [1.165, 1.54) is 6.33 Å². The average molecular weight is 179 g/mol. The number of hydrogen-bond acceptors (Lipinski definition) is 4. The quantitative estimate of drug-likeness (QED) is 0.673. The van der Waals surface area contributed by atoms with Crippen LogP contribution in [0.5, 0.6) is 0 Å². The van der Waals surface area contributed by atoms with Crippen molar-refractivity contribution in [3.63, 3.8) is 0 Å². The number of H-pyrrole nitrogens is 1. The van der Waals surface area contributed by atoms with Gasteiger partial charge < -0.3 is 5.32 Å². The van der Waals surface area contributed by atoms with E-state index in [-0.39, 0.29) is 5.82 Å². The molecule has 68 valence electrons. The number of rotatable bonds is 3. The summed E-state index contributed by atoms with van der Waals surface area (Å²) in [5.41, 5.74) is 0. The lowest BCUT2D eigenvalue weighted by Crippen LogP contribution is -2.33. The maximum absolute atomic E-state index is 11.2. The van der Waals surface area contributed by atoms with Gasteiger partial charge in [-0.05, 0) is 6.42 Å². The number of amides is 1. The Morgan fingerprint density at radius 3 is 3.15 bits per heavy atom. The van der Waals surface area contributed by atoms with E-state index in [0.29, 0.717) is 6.42 Å². The lowest BCUT2D eigenvalue weighted by atomic mass is 10.2. The highest BCUT2D eigenvalue weighted by Gasteiger charge is 2.12. The number of nitriles is 1. The predicted molar refractivity (Wildman–Crippen MR) is 43.5 cm³/mol. The van der Waals surface area contributed by atoms with Crippen molar-refractivity contribution in [3.8, 4) is 6.07 Å². The fourth-order valence-corrected chi connectivity index (χ4v) is 0.767. The normalized spacial score (nSPS) is 11.7. The number of hydrogen-bond donors (Lipinski definition) is 2. The molecule has 0 aliphatic heterocycles. The van der Waals surface area contributed by atoms with Crippen molar-refractivity contribution in [2.45, 2.75) is 19.4 Å². The molecule has 0 unspecified atom stereocenters. The molecule has 6 nitrogen and oxygen atoms in total. The zero-order chi connectivity index (χ0) is 9.68. The molecule has 2 N–H and O–H groups in total. The Bertz CT molecular complexity index is 312. The summed E-state index contributed by atoms with van der Waals surface area (Å²) in [4.78, 5) is 14.9. The number of aromatic nitrogens is 3. The Hall–Kier alpha value is -1.90. The molecule has 0 saturated carbocycles. The van der Waals surface area contributed by atoms with Gasteiger partial charge in [-0.1, -0.05) is 6.92 Å². The monoisotopic (exact) mass is 179 g/mol. The highest BCUT2D eigenvalue weighted by Crippen LogP contribution is 1.91. The third-order valence-corrected chi connectivity index (χ3v) is 1.50. The summed E-state index contributed by atoms with van der Waals surface area (Å²) in [5, 5.41) is 17.0. The smallest absolute Gasteiger partial charge is 0.289 e. The Balaban J connectivity index is 2.57. The van der Waals surface area contributed by atoms with Crippen LogP contribution in [0.25, 0.3) is 0 Å². The summed E-state index contributed by atoms with van der Waals surface area (Å²) < 4.78 is 0. The molecule has 1 heterocycles. The molecule has 1 aromatic rings. The van der Waals surface area contributed by atoms with Gasteiger partial charge in [0.2, 0.25) is 5.82 Å². The molecule has 1 aromatic heterocycles. The van der Waals surface area contributed by atoms with E-state index >= 15 is 0 Å². The second kappa shape index (κ2) is 4.21. The Morgan fingerprint density at radius 1 is 1.92 bits per heavy atom. The van der Waals surface area contributed by atoms with Crippen LogP contribution in [0, 0.1) is 11.3 Å². The van der Waals surface area contributed by atoms with Crippen molar-refractivity contribution >= 4 is 5.91 Å². The fourth-order valence-electron chi connectivity index (χ4n) is 0.767. The van der Waals surface area contributed by atoms with Crippen molar-refractivity contribution in [2.75, 3.05) is 0 Å². The van der Waals surface area contributed by atoms with Crippen molar-refractivity contribution in [3.05, 3.63) is 12.2 Å². The summed E-state index contributed by atoms with van der Waals surface area (Å²) in [6.07, 6.45) is 1.80. The largest absolute Gasteiger partial charge is 0.334 e. The van der Waals surface area contributed by atoms with Crippen LogP contribution in [0.15, 0.2) is 6.33 Å². The molecule has 0 fully saturated rings. The minimum Gasteiger partial charge on any atom is -0.334 e. The molecule has 0 aliphatic carbocycles. The Morgan fingerprint density at radius 2 is 2.69 bits per heavy atom. The van der Waals surface area contributed by atoms with E-state index in [1.54, 1.807) is 0 Å². The topological polar surface area (TPSA) is 94.5 Å². The zero-order valence-electron chi connectivity index (χ0n) is 7.11. The standard InChI is InChI=1S/C7H9N5O/c1-2-5(3-8)11-7(13)6-9-4-10-12-6/h4-5H,2H2,1H3,(H,11,13)(H,9,10,12)/t5-/m0/s1. The van der Waals surface area contributed by atoms with Gasteiger partial charge in [-0.3, -0.25) is 9.89 Å². The van der Waals surface area contributed by atoms with Gasteiger partial charge in [0, 0.05) is 0 Å². The number of nitrogens with one attached hydrogen (secondary N) is 2. The molecule has 0 saturated heterocycles. The molecule has 0 aromatic carbocycles. The molecule has 0 spiro atoms. The lowest BCUT2D eigenvalue weighted by Gasteiger charge is -2.05. The van der Waals surface area contributed by atoms with Crippen LogP contribution in [0.2, 0.25) is 0 Å². The molecular formula is C7H9N5O. The molecule has 6 heteroatoms. The third kappa shape index (κ3) is 2.27. The number of aromatic amines is 1. The summed E-state index contributed by atoms with van der Waals surface area (Å²) in [6, 6.07) is 1.48. The first kappa shape index (κ1) is 9.19. The summed E-state index contributed by atoms with van der Waals surface area (Å²) in [7, 11) is 0.